The van der Waals surface area contributed by atoms with Gasteiger partial charge in [-0.05, 0) is 57.8 Å². The zero-order chi connectivity index (χ0) is 13.0. The van der Waals surface area contributed by atoms with Crippen LogP contribution in [-0.2, 0) is 4.79 Å². The van der Waals surface area contributed by atoms with Gasteiger partial charge in [0.2, 0.25) is 5.91 Å². The number of carbonyl (C=O) groups excluding carboxylic acids is 1. The van der Waals surface area contributed by atoms with E-state index in [1.165, 1.54) is 45.3 Å². The second kappa shape index (κ2) is 6.50. The van der Waals surface area contributed by atoms with Gasteiger partial charge in [-0.25, -0.2) is 0 Å². The molecular formula is C13H26N4O. The van der Waals surface area contributed by atoms with Crippen LogP contribution >= 0.6 is 0 Å². The molecule has 4 N–H and O–H groups in total. The molecule has 0 aliphatic carbocycles. The fraction of sp³-hybridized carbons (Fsp3) is 0.923. The van der Waals surface area contributed by atoms with Crippen LogP contribution in [0.5, 0.6) is 0 Å². The first-order valence-corrected chi connectivity index (χ1v) is 7.15. The number of primary amides is 1. The summed E-state index contributed by atoms with van der Waals surface area (Å²) in [7, 11) is 0. The van der Waals surface area contributed by atoms with Crippen molar-refractivity contribution in [3.63, 3.8) is 0 Å². The smallest absolute Gasteiger partial charge is 0.235 e. The summed E-state index contributed by atoms with van der Waals surface area (Å²) in [5.41, 5.74) is 10.9. The van der Waals surface area contributed by atoms with Gasteiger partial charge in [0.25, 0.3) is 0 Å². The van der Waals surface area contributed by atoms with Gasteiger partial charge in [-0.2, -0.15) is 0 Å². The maximum atomic E-state index is 10.9. The molecule has 2 heterocycles. The van der Waals surface area contributed by atoms with E-state index in [0.717, 1.165) is 19.0 Å². The molecule has 5 nitrogen and oxygen atoms in total. The molecule has 1 unspecified atom stereocenters. The fourth-order valence-corrected chi connectivity index (χ4v) is 3.05. The zero-order valence-corrected chi connectivity index (χ0v) is 11.2. The third-order valence-corrected chi connectivity index (χ3v) is 4.24. The van der Waals surface area contributed by atoms with Gasteiger partial charge in [0, 0.05) is 13.1 Å². The van der Waals surface area contributed by atoms with Crippen LogP contribution in [0.2, 0.25) is 0 Å². The van der Waals surface area contributed by atoms with Crippen LogP contribution in [0.4, 0.5) is 0 Å². The number of hydrogen-bond donors (Lipinski definition) is 2. The maximum absolute atomic E-state index is 10.9. The molecule has 2 fully saturated rings. The number of hydrogen-bond acceptors (Lipinski definition) is 4. The lowest BCUT2D eigenvalue weighted by Gasteiger charge is -2.34. The summed E-state index contributed by atoms with van der Waals surface area (Å²) in [6.07, 6.45) is 5.18. The molecule has 0 aromatic carbocycles. The summed E-state index contributed by atoms with van der Waals surface area (Å²) in [6, 6.07) is -0.514. The molecule has 0 radical (unpaired) electrons. The standard InChI is InChI=1S/C13H26N4O/c14-12(13(15)18)10-17-7-3-11(4-8-17)9-16-5-1-2-6-16/h11-12H,1-10,14H2,(H2,15,18). The van der Waals surface area contributed by atoms with Gasteiger partial charge in [-0.3, -0.25) is 4.79 Å². The van der Waals surface area contributed by atoms with Crippen LogP contribution in [-0.4, -0.2) is 61.0 Å². The quantitative estimate of drug-likeness (QED) is 0.700. The van der Waals surface area contributed by atoms with Crippen LogP contribution in [0.1, 0.15) is 25.7 Å². The van der Waals surface area contributed by atoms with E-state index in [-0.39, 0.29) is 0 Å². The van der Waals surface area contributed by atoms with Crippen molar-refractivity contribution in [1.82, 2.24) is 9.80 Å². The van der Waals surface area contributed by atoms with Gasteiger partial charge >= 0.3 is 0 Å². The summed E-state index contributed by atoms with van der Waals surface area (Å²) < 4.78 is 0. The van der Waals surface area contributed by atoms with Crippen molar-refractivity contribution >= 4 is 5.91 Å². The van der Waals surface area contributed by atoms with E-state index in [1.54, 1.807) is 0 Å². The highest BCUT2D eigenvalue weighted by Gasteiger charge is 2.24. The minimum atomic E-state index is -0.514. The Morgan fingerprint density at radius 3 is 2.28 bits per heavy atom. The summed E-state index contributed by atoms with van der Waals surface area (Å²) >= 11 is 0. The first kappa shape index (κ1) is 13.8. The predicted octanol–water partition coefficient (Wildman–Crippen LogP) is -0.393. The molecule has 0 spiro atoms. The fourth-order valence-electron chi connectivity index (χ4n) is 3.05. The molecule has 5 heteroatoms. The maximum Gasteiger partial charge on any atom is 0.235 e. The van der Waals surface area contributed by atoms with Crippen molar-refractivity contribution in [2.24, 2.45) is 17.4 Å². The second-order valence-electron chi connectivity index (χ2n) is 5.76. The Morgan fingerprint density at radius 1 is 1.11 bits per heavy atom. The van der Waals surface area contributed by atoms with Gasteiger partial charge in [-0.15, -0.1) is 0 Å². The Kier molecular flexibility index (Phi) is 4.97. The predicted molar refractivity (Wildman–Crippen MR) is 72.0 cm³/mol. The molecule has 2 saturated heterocycles. The molecule has 0 bridgehead atoms. The van der Waals surface area contributed by atoms with E-state index in [4.69, 9.17) is 11.5 Å². The molecule has 104 valence electrons. The van der Waals surface area contributed by atoms with Crippen molar-refractivity contribution in [1.29, 1.82) is 0 Å². The van der Waals surface area contributed by atoms with E-state index in [2.05, 4.69) is 9.80 Å². The van der Waals surface area contributed by atoms with Gasteiger partial charge in [0.1, 0.15) is 0 Å². The molecule has 0 saturated carbocycles. The number of nitrogens with zero attached hydrogens (tertiary/aromatic N) is 2. The molecule has 0 aromatic rings. The number of likely N-dealkylation sites (tertiary alicyclic amines) is 2. The Labute approximate surface area is 109 Å². The average molecular weight is 254 g/mol. The van der Waals surface area contributed by atoms with E-state index >= 15 is 0 Å². The van der Waals surface area contributed by atoms with E-state index < -0.39 is 11.9 Å². The van der Waals surface area contributed by atoms with Gasteiger partial charge in [0.15, 0.2) is 0 Å². The SMILES string of the molecule is NC(=O)C(N)CN1CCC(CN2CCCC2)CC1. The summed E-state index contributed by atoms with van der Waals surface area (Å²) in [5.74, 6) is 0.429. The Hall–Kier alpha value is -0.650. The minimum Gasteiger partial charge on any atom is -0.368 e. The molecule has 1 atom stereocenters. The minimum absolute atomic E-state index is 0.394. The monoisotopic (exact) mass is 254 g/mol. The Balaban J connectivity index is 1.66. The lowest BCUT2D eigenvalue weighted by atomic mass is 9.96. The van der Waals surface area contributed by atoms with Crippen molar-refractivity contribution in [3.05, 3.63) is 0 Å². The molecular weight excluding hydrogens is 228 g/mol. The van der Waals surface area contributed by atoms with Crippen molar-refractivity contribution in [2.45, 2.75) is 31.7 Å². The molecule has 2 aliphatic rings. The third kappa shape index (κ3) is 3.93. The van der Waals surface area contributed by atoms with E-state index in [1.807, 2.05) is 0 Å². The largest absolute Gasteiger partial charge is 0.368 e. The van der Waals surface area contributed by atoms with Gasteiger partial charge in [-0.1, -0.05) is 0 Å². The number of nitrogens with two attached hydrogens (primary N) is 2. The highest BCUT2D eigenvalue weighted by Crippen LogP contribution is 2.20. The highest BCUT2D eigenvalue weighted by molar-refractivity contribution is 5.79. The van der Waals surface area contributed by atoms with Crippen LogP contribution in [0.25, 0.3) is 0 Å². The zero-order valence-electron chi connectivity index (χ0n) is 11.2. The lowest BCUT2D eigenvalue weighted by molar-refractivity contribution is -0.119. The molecule has 2 aliphatic heterocycles. The summed E-state index contributed by atoms with van der Waals surface area (Å²) in [5, 5.41) is 0. The molecule has 18 heavy (non-hydrogen) atoms. The normalized spacial score (nSPS) is 25.4. The highest BCUT2D eigenvalue weighted by atomic mass is 16.1. The number of piperidine rings is 1. The van der Waals surface area contributed by atoms with Crippen molar-refractivity contribution < 1.29 is 4.79 Å². The van der Waals surface area contributed by atoms with Crippen LogP contribution in [0.3, 0.4) is 0 Å². The van der Waals surface area contributed by atoms with Gasteiger partial charge < -0.3 is 21.3 Å². The summed E-state index contributed by atoms with van der Waals surface area (Å²) in [4.78, 5) is 15.8. The van der Waals surface area contributed by atoms with Crippen LogP contribution in [0.15, 0.2) is 0 Å². The Morgan fingerprint density at radius 2 is 1.72 bits per heavy atom. The number of carbonyl (C=O) groups is 1. The van der Waals surface area contributed by atoms with Crippen molar-refractivity contribution in [3.8, 4) is 0 Å². The third-order valence-electron chi connectivity index (χ3n) is 4.24. The van der Waals surface area contributed by atoms with Crippen molar-refractivity contribution in [2.75, 3.05) is 39.3 Å². The number of amides is 1. The molecule has 2 rings (SSSR count). The van der Waals surface area contributed by atoms with E-state index in [0.29, 0.717) is 6.54 Å². The Bertz CT molecular complexity index is 270. The van der Waals surface area contributed by atoms with Crippen LogP contribution < -0.4 is 11.5 Å². The molecule has 0 aromatic heterocycles. The van der Waals surface area contributed by atoms with E-state index in [9.17, 15) is 4.79 Å². The number of rotatable bonds is 5. The lowest BCUT2D eigenvalue weighted by Crippen LogP contribution is -2.48. The average Bonchev–Trinajstić information content (AvgIpc) is 2.84. The first-order valence-electron chi connectivity index (χ1n) is 7.15. The summed E-state index contributed by atoms with van der Waals surface area (Å²) in [6.45, 7) is 6.56. The second-order valence-corrected chi connectivity index (χ2v) is 5.76. The van der Waals surface area contributed by atoms with Gasteiger partial charge in [0.05, 0.1) is 6.04 Å². The van der Waals surface area contributed by atoms with Crippen LogP contribution in [0, 0.1) is 5.92 Å². The molecule has 1 amide bonds. The first-order chi connectivity index (χ1) is 8.65. The topological polar surface area (TPSA) is 75.6 Å².